The van der Waals surface area contributed by atoms with E-state index in [0.29, 0.717) is 12.8 Å². The molecule has 2 rings (SSSR count). The Morgan fingerprint density at radius 3 is 2.71 bits per heavy atom. The average molecular weight is 294 g/mol. The van der Waals surface area contributed by atoms with E-state index in [1.165, 1.54) is 0 Å². The lowest BCUT2D eigenvalue weighted by Crippen LogP contribution is -2.48. The third kappa shape index (κ3) is 3.43. The second-order valence-electron chi connectivity index (χ2n) is 5.53. The Hall–Kier alpha value is -1.85. The van der Waals surface area contributed by atoms with Crippen LogP contribution in [-0.4, -0.2) is 41.5 Å². The van der Waals surface area contributed by atoms with Crippen LogP contribution < -0.4 is 5.32 Å². The number of rotatable bonds is 5. The molecule has 1 aliphatic carbocycles. The fraction of sp³-hybridized carbons (Fsp3) is 0.667. The Morgan fingerprint density at radius 1 is 1.33 bits per heavy atom. The molecule has 116 valence electrons. The summed E-state index contributed by atoms with van der Waals surface area (Å²) in [7, 11) is 0. The second-order valence-corrected chi connectivity index (χ2v) is 5.53. The maximum atomic E-state index is 12.4. The van der Waals surface area contributed by atoms with Gasteiger partial charge < -0.3 is 10.1 Å². The smallest absolute Gasteiger partial charge is 0.325 e. The summed E-state index contributed by atoms with van der Waals surface area (Å²) in [5.74, 6) is -0.591. The van der Waals surface area contributed by atoms with Crippen molar-refractivity contribution < 1.29 is 19.1 Å². The molecule has 21 heavy (non-hydrogen) atoms. The van der Waals surface area contributed by atoms with Crippen molar-refractivity contribution in [3.05, 3.63) is 12.2 Å². The first-order valence-corrected chi connectivity index (χ1v) is 7.50. The minimum atomic E-state index is -0.718. The van der Waals surface area contributed by atoms with Crippen LogP contribution in [0.4, 0.5) is 4.79 Å². The first-order chi connectivity index (χ1) is 10.1. The van der Waals surface area contributed by atoms with Crippen molar-refractivity contribution in [2.75, 3.05) is 13.2 Å². The molecule has 1 N–H and O–H groups in total. The molecule has 1 heterocycles. The van der Waals surface area contributed by atoms with Gasteiger partial charge in [0.25, 0.3) is 5.91 Å². The number of urea groups is 1. The molecule has 0 unspecified atom stereocenters. The number of imide groups is 1. The van der Waals surface area contributed by atoms with E-state index >= 15 is 0 Å². The second kappa shape index (κ2) is 6.74. The summed E-state index contributed by atoms with van der Waals surface area (Å²) in [4.78, 5) is 37.1. The summed E-state index contributed by atoms with van der Waals surface area (Å²) in [6, 6.07) is -0.386. The number of nitrogens with zero attached hydrogens (tertiary/aromatic N) is 1. The van der Waals surface area contributed by atoms with Gasteiger partial charge in [0.15, 0.2) is 0 Å². The predicted molar refractivity (Wildman–Crippen MR) is 76.5 cm³/mol. The fourth-order valence-electron chi connectivity index (χ4n) is 2.89. The summed E-state index contributed by atoms with van der Waals surface area (Å²) in [5, 5.41) is 2.82. The van der Waals surface area contributed by atoms with Crippen LogP contribution in [0.25, 0.3) is 0 Å². The van der Waals surface area contributed by atoms with Crippen LogP contribution in [-0.2, 0) is 14.3 Å². The molecule has 0 bridgehead atoms. The molecule has 0 aromatic rings. The van der Waals surface area contributed by atoms with Gasteiger partial charge in [-0.15, -0.1) is 0 Å². The number of carbonyl (C=O) groups is 3. The van der Waals surface area contributed by atoms with Crippen molar-refractivity contribution >= 4 is 17.9 Å². The summed E-state index contributed by atoms with van der Waals surface area (Å²) in [5.41, 5.74) is -0.718. The molecular weight excluding hydrogens is 272 g/mol. The van der Waals surface area contributed by atoms with Crippen LogP contribution in [0, 0.1) is 0 Å². The number of allylic oxidation sites excluding steroid dienone is 1. The molecule has 3 amide bonds. The summed E-state index contributed by atoms with van der Waals surface area (Å²) in [6.07, 6.45) is 7.94. The van der Waals surface area contributed by atoms with Gasteiger partial charge in [0, 0.05) is 6.54 Å². The monoisotopic (exact) mass is 294 g/mol. The standard InChI is InChI=1S/C15H22N2O4/c1-2-3-11-21-12(18)7-10-17-13(19)15(16-14(17)20)8-5-4-6-9-15/h2-3H,4-11H2,1H3,(H,16,20). The Kier molecular flexibility index (Phi) is 4.98. The molecular formula is C15H22N2O4. The molecule has 6 heteroatoms. The zero-order chi connectivity index (χ0) is 15.3. The van der Waals surface area contributed by atoms with Crippen molar-refractivity contribution in [1.29, 1.82) is 0 Å². The van der Waals surface area contributed by atoms with E-state index in [1.54, 1.807) is 12.2 Å². The quantitative estimate of drug-likeness (QED) is 0.476. The molecule has 2 aliphatic rings. The maximum absolute atomic E-state index is 12.4. The topological polar surface area (TPSA) is 75.7 Å². The Bertz CT molecular complexity index is 453. The van der Waals surface area contributed by atoms with Gasteiger partial charge in [0.2, 0.25) is 0 Å². The lowest BCUT2D eigenvalue weighted by molar-refractivity contribution is -0.143. The highest BCUT2D eigenvalue weighted by Crippen LogP contribution is 2.33. The lowest BCUT2D eigenvalue weighted by atomic mass is 9.82. The number of ether oxygens (including phenoxy) is 1. The van der Waals surface area contributed by atoms with Crippen LogP contribution in [0.15, 0.2) is 12.2 Å². The Morgan fingerprint density at radius 2 is 2.05 bits per heavy atom. The highest BCUT2D eigenvalue weighted by Gasteiger charge is 2.51. The molecule has 0 aromatic carbocycles. The zero-order valence-electron chi connectivity index (χ0n) is 12.4. The van der Waals surface area contributed by atoms with Crippen molar-refractivity contribution in [2.24, 2.45) is 0 Å². The number of esters is 1. The lowest BCUT2D eigenvalue weighted by Gasteiger charge is -2.30. The van der Waals surface area contributed by atoms with Gasteiger partial charge in [-0.25, -0.2) is 4.79 Å². The maximum Gasteiger partial charge on any atom is 0.325 e. The van der Waals surface area contributed by atoms with Gasteiger partial charge in [-0.3, -0.25) is 14.5 Å². The number of amides is 3. The van der Waals surface area contributed by atoms with E-state index in [4.69, 9.17) is 4.74 Å². The fourth-order valence-corrected chi connectivity index (χ4v) is 2.89. The van der Waals surface area contributed by atoms with Crippen LogP contribution in [0.2, 0.25) is 0 Å². The summed E-state index contributed by atoms with van der Waals surface area (Å²) in [6.45, 7) is 2.14. The summed E-state index contributed by atoms with van der Waals surface area (Å²) >= 11 is 0. The molecule has 0 aromatic heterocycles. The highest BCUT2D eigenvalue weighted by atomic mass is 16.5. The van der Waals surface area contributed by atoms with Crippen molar-refractivity contribution in [1.82, 2.24) is 10.2 Å². The van der Waals surface area contributed by atoms with Gasteiger partial charge in [-0.1, -0.05) is 31.4 Å². The molecule has 1 saturated heterocycles. The van der Waals surface area contributed by atoms with Crippen LogP contribution in [0.1, 0.15) is 45.4 Å². The molecule has 0 radical (unpaired) electrons. The van der Waals surface area contributed by atoms with Gasteiger partial charge in [-0.05, 0) is 19.8 Å². The minimum absolute atomic E-state index is 0.0345. The number of hydrogen-bond donors (Lipinski definition) is 1. The van der Waals surface area contributed by atoms with Crippen LogP contribution >= 0.6 is 0 Å². The van der Waals surface area contributed by atoms with E-state index in [9.17, 15) is 14.4 Å². The number of carbonyl (C=O) groups excluding carboxylic acids is 3. The SMILES string of the molecule is CC=CCOC(=O)CCN1C(=O)NC2(CCCCC2)C1=O. The Balaban J connectivity index is 1.87. The molecule has 1 saturated carbocycles. The molecule has 0 atom stereocenters. The number of hydrogen-bond acceptors (Lipinski definition) is 4. The highest BCUT2D eigenvalue weighted by molar-refractivity contribution is 6.07. The van der Waals surface area contributed by atoms with E-state index in [0.717, 1.165) is 24.2 Å². The third-order valence-electron chi connectivity index (χ3n) is 4.07. The normalized spacial score (nSPS) is 21.1. The number of nitrogens with one attached hydrogen (secondary N) is 1. The molecule has 6 nitrogen and oxygen atoms in total. The van der Waals surface area contributed by atoms with Gasteiger partial charge >= 0.3 is 12.0 Å². The largest absolute Gasteiger partial charge is 0.461 e. The molecule has 1 aliphatic heterocycles. The first kappa shape index (κ1) is 15.5. The predicted octanol–water partition coefficient (Wildman–Crippen LogP) is 1.75. The van der Waals surface area contributed by atoms with E-state index in [-0.39, 0.29) is 31.5 Å². The van der Waals surface area contributed by atoms with Crippen molar-refractivity contribution in [3.8, 4) is 0 Å². The van der Waals surface area contributed by atoms with E-state index < -0.39 is 11.5 Å². The van der Waals surface area contributed by atoms with Crippen molar-refractivity contribution in [2.45, 2.75) is 51.0 Å². The molecule has 1 spiro atoms. The van der Waals surface area contributed by atoms with Crippen LogP contribution in [0.3, 0.4) is 0 Å². The summed E-state index contributed by atoms with van der Waals surface area (Å²) < 4.78 is 4.95. The van der Waals surface area contributed by atoms with Crippen LogP contribution in [0.5, 0.6) is 0 Å². The Labute approximate surface area is 124 Å². The molecule has 2 fully saturated rings. The average Bonchev–Trinajstić information content (AvgIpc) is 2.69. The third-order valence-corrected chi connectivity index (χ3v) is 4.07. The zero-order valence-corrected chi connectivity index (χ0v) is 12.4. The minimum Gasteiger partial charge on any atom is -0.461 e. The van der Waals surface area contributed by atoms with E-state index in [2.05, 4.69) is 5.32 Å². The van der Waals surface area contributed by atoms with E-state index in [1.807, 2.05) is 6.92 Å². The van der Waals surface area contributed by atoms with Gasteiger partial charge in [0.05, 0.1) is 6.42 Å². The first-order valence-electron chi connectivity index (χ1n) is 7.50. The van der Waals surface area contributed by atoms with Crippen molar-refractivity contribution in [3.63, 3.8) is 0 Å². The van der Waals surface area contributed by atoms with Gasteiger partial charge in [0.1, 0.15) is 12.1 Å². The van der Waals surface area contributed by atoms with Gasteiger partial charge in [-0.2, -0.15) is 0 Å².